The molecule has 158 valence electrons. The second kappa shape index (κ2) is 7.75. The highest BCUT2D eigenvalue weighted by Crippen LogP contribution is 2.31. The Hall–Kier alpha value is -3.88. The monoisotopic (exact) mass is 422 g/mol. The van der Waals surface area contributed by atoms with Crippen LogP contribution in [-0.2, 0) is 17.6 Å². The van der Waals surface area contributed by atoms with Crippen molar-refractivity contribution in [2.24, 2.45) is 0 Å². The van der Waals surface area contributed by atoms with Crippen LogP contribution in [0.4, 0.5) is 4.39 Å². The number of ether oxygens (including phenoxy) is 2. The van der Waals surface area contributed by atoms with Crippen LogP contribution in [-0.4, -0.2) is 34.3 Å². The van der Waals surface area contributed by atoms with Gasteiger partial charge in [0, 0.05) is 11.3 Å². The number of halogens is 1. The fourth-order valence-corrected chi connectivity index (χ4v) is 3.85. The van der Waals surface area contributed by atoms with Gasteiger partial charge in [-0.15, -0.1) is 0 Å². The first kappa shape index (κ1) is 19.1. The Morgan fingerprint density at radius 2 is 1.81 bits per heavy atom. The van der Waals surface area contributed by atoms with E-state index >= 15 is 0 Å². The van der Waals surface area contributed by atoms with Gasteiger partial charge in [0.15, 0.2) is 17.2 Å². The van der Waals surface area contributed by atoms with Gasteiger partial charge < -0.3 is 9.47 Å². The van der Waals surface area contributed by atoms with Crippen molar-refractivity contribution in [3.63, 3.8) is 0 Å². The molecule has 0 saturated carbocycles. The van der Waals surface area contributed by atoms with Crippen LogP contribution in [0.5, 0.6) is 11.5 Å². The summed E-state index contributed by atoms with van der Waals surface area (Å²) in [7, 11) is 0. The Morgan fingerprint density at radius 3 is 2.65 bits per heavy atom. The van der Waals surface area contributed by atoms with Crippen molar-refractivity contribution in [2.75, 3.05) is 6.61 Å². The molecule has 2 N–H and O–H groups in total. The zero-order valence-corrected chi connectivity index (χ0v) is 16.4. The molecule has 1 aliphatic carbocycles. The minimum Gasteiger partial charge on any atom is -0.485 e. The number of amides is 2. The van der Waals surface area contributed by atoms with Crippen molar-refractivity contribution in [3.05, 3.63) is 71.3 Å². The molecule has 1 aromatic heterocycles. The molecule has 0 bridgehead atoms. The SMILES string of the molecule is O=C(NNC(=O)C1COc2ccccc2O1)c1nn(-c2ccccc2F)c2c1CCC2. The first-order chi connectivity index (χ1) is 15.1. The van der Waals surface area contributed by atoms with Gasteiger partial charge in [0.25, 0.3) is 11.8 Å². The third-order valence-electron chi connectivity index (χ3n) is 5.33. The van der Waals surface area contributed by atoms with Crippen LogP contribution in [0.25, 0.3) is 5.69 Å². The number of rotatable bonds is 3. The molecule has 0 fully saturated rings. The van der Waals surface area contributed by atoms with E-state index in [9.17, 15) is 14.0 Å². The van der Waals surface area contributed by atoms with Gasteiger partial charge in [0.2, 0.25) is 6.10 Å². The number of carbonyl (C=O) groups is 2. The quantitative estimate of drug-likeness (QED) is 0.631. The average molecular weight is 422 g/mol. The highest BCUT2D eigenvalue weighted by Gasteiger charge is 2.30. The lowest BCUT2D eigenvalue weighted by Gasteiger charge is -2.25. The number of benzene rings is 2. The molecule has 2 heterocycles. The summed E-state index contributed by atoms with van der Waals surface area (Å²) in [5.74, 6) is -0.520. The molecule has 2 aromatic carbocycles. The van der Waals surface area contributed by atoms with Gasteiger partial charge in [0.05, 0.1) is 0 Å². The van der Waals surface area contributed by atoms with E-state index in [2.05, 4.69) is 16.0 Å². The van der Waals surface area contributed by atoms with E-state index in [-0.39, 0.29) is 18.0 Å². The first-order valence-corrected chi connectivity index (χ1v) is 9.96. The third-order valence-corrected chi connectivity index (χ3v) is 5.33. The second-order valence-corrected chi connectivity index (χ2v) is 7.30. The normalized spacial score (nSPS) is 16.5. The van der Waals surface area contributed by atoms with Crippen LogP contribution in [0.3, 0.4) is 0 Å². The number of carbonyl (C=O) groups excluding carboxylic acids is 2. The maximum Gasteiger partial charge on any atom is 0.290 e. The summed E-state index contributed by atoms with van der Waals surface area (Å²) >= 11 is 0. The average Bonchev–Trinajstić information content (AvgIpc) is 3.40. The van der Waals surface area contributed by atoms with E-state index in [1.807, 2.05) is 6.07 Å². The summed E-state index contributed by atoms with van der Waals surface area (Å²) in [5, 5.41) is 4.34. The summed E-state index contributed by atoms with van der Waals surface area (Å²) in [5.41, 5.74) is 6.78. The zero-order valence-electron chi connectivity index (χ0n) is 16.4. The van der Waals surface area contributed by atoms with Crippen molar-refractivity contribution in [1.82, 2.24) is 20.6 Å². The fraction of sp³-hybridized carbons (Fsp3) is 0.227. The molecule has 31 heavy (non-hydrogen) atoms. The smallest absolute Gasteiger partial charge is 0.290 e. The Bertz CT molecular complexity index is 1180. The fourth-order valence-electron chi connectivity index (χ4n) is 3.85. The van der Waals surface area contributed by atoms with Crippen LogP contribution in [0, 0.1) is 5.82 Å². The van der Waals surface area contributed by atoms with E-state index in [1.54, 1.807) is 36.4 Å². The zero-order chi connectivity index (χ0) is 21.4. The van der Waals surface area contributed by atoms with Gasteiger partial charge in [-0.1, -0.05) is 24.3 Å². The number of hydrazine groups is 1. The van der Waals surface area contributed by atoms with E-state index < -0.39 is 23.7 Å². The second-order valence-electron chi connectivity index (χ2n) is 7.30. The number of nitrogens with one attached hydrogen (secondary N) is 2. The van der Waals surface area contributed by atoms with Crippen LogP contribution >= 0.6 is 0 Å². The maximum atomic E-state index is 14.3. The molecule has 0 radical (unpaired) electrons. The summed E-state index contributed by atoms with van der Waals surface area (Å²) in [6.45, 7) is 0.0238. The topological polar surface area (TPSA) is 94.5 Å². The van der Waals surface area contributed by atoms with Crippen molar-refractivity contribution < 1.29 is 23.5 Å². The lowest BCUT2D eigenvalue weighted by atomic mass is 10.2. The number of fused-ring (bicyclic) bond motifs is 2. The molecule has 8 nitrogen and oxygen atoms in total. The minimum absolute atomic E-state index is 0.0238. The maximum absolute atomic E-state index is 14.3. The van der Waals surface area contributed by atoms with Gasteiger partial charge in [-0.05, 0) is 43.5 Å². The van der Waals surface area contributed by atoms with E-state index in [0.29, 0.717) is 24.3 Å². The molecular formula is C22H19FN4O4. The number of para-hydroxylation sites is 3. The van der Waals surface area contributed by atoms with Crippen LogP contribution in [0.15, 0.2) is 48.5 Å². The first-order valence-electron chi connectivity index (χ1n) is 9.96. The number of hydrogen-bond acceptors (Lipinski definition) is 5. The molecule has 9 heteroatoms. The Morgan fingerprint density at radius 1 is 1.03 bits per heavy atom. The van der Waals surface area contributed by atoms with E-state index in [1.165, 1.54) is 10.7 Å². The molecule has 0 saturated heterocycles. The van der Waals surface area contributed by atoms with Crippen molar-refractivity contribution in [3.8, 4) is 17.2 Å². The molecule has 5 rings (SSSR count). The number of aromatic nitrogens is 2. The van der Waals surface area contributed by atoms with E-state index in [0.717, 1.165) is 17.7 Å². The van der Waals surface area contributed by atoms with Gasteiger partial charge in [-0.3, -0.25) is 20.4 Å². The van der Waals surface area contributed by atoms with Gasteiger partial charge in [-0.2, -0.15) is 5.10 Å². The third kappa shape index (κ3) is 3.48. The summed E-state index contributed by atoms with van der Waals surface area (Å²) in [6, 6.07) is 13.3. The standard InChI is InChI=1S/C22H19FN4O4/c23-14-7-1-2-8-16(14)27-15-9-5-6-13(15)20(26-27)22(29)25-24-21(28)19-12-30-17-10-3-4-11-18(17)31-19/h1-4,7-8,10-11,19H,5-6,9,12H2,(H,24,28)(H,25,29). The number of hydrogen-bond donors (Lipinski definition) is 2. The summed E-state index contributed by atoms with van der Waals surface area (Å²) in [4.78, 5) is 25.2. The van der Waals surface area contributed by atoms with Crippen LogP contribution < -0.4 is 20.3 Å². The molecule has 2 aliphatic rings. The molecule has 1 aliphatic heterocycles. The number of nitrogens with zero attached hydrogens (tertiary/aromatic N) is 2. The lowest BCUT2D eigenvalue weighted by Crippen LogP contribution is -2.51. The highest BCUT2D eigenvalue weighted by atomic mass is 19.1. The van der Waals surface area contributed by atoms with Gasteiger partial charge in [0.1, 0.15) is 18.1 Å². The summed E-state index contributed by atoms with van der Waals surface area (Å²) in [6.07, 6.45) is 1.30. The molecule has 3 aromatic rings. The predicted molar refractivity (Wildman–Crippen MR) is 108 cm³/mol. The van der Waals surface area contributed by atoms with Gasteiger partial charge in [-0.25, -0.2) is 9.07 Å². The molecular weight excluding hydrogens is 403 g/mol. The van der Waals surface area contributed by atoms with Crippen molar-refractivity contribution in [2.45, 2.75) is 25.4 Å². The van der Waals surface area contributed by atoms with Gasteiger partial charge >= 0.3 is 0 Å². The van der Waals surface area contributed by atoms with Crippen LogP contribution in [0.1, 0.15) is 28.2 Å². The van der Waals surface area contributed by atoms with Crippen molar-refractivity contribution in [1.29, 1.82) is 0 Å². The molecule has 1 atom stereocenters. The molecule has 2 amide bonds. The Kier molecular flexibility index (Phi) is 4.78. The van der Waals surface area contributed by atoms with E-state index in [4.69, 9.17) is 9.47 Å². The Labute approximate surface area is 176 Å². The Balaban J connectivity index is 1.30. The van der Waals surface area contributed by atoms with Crippen molar-refractivity contribution >= 4 is 11.8 Å². The minimum atomic E-state index is -0.906. The molecule has 1 unspecified atom stereocenters. The predicted octanol–water partition coefficient (Wildman–Crippen LogP) is 2.10. The van der Waals surface area contributed by atoms with Crippen LogP contribution in [0.2, 0.25) is 0 Å². The summed E-state index contributed by atoms with van der Waals surface area (Å²) < 4.78 is 26.9. The lowest BCUT2D eigenvalue weighted by molar-refractivity contribution is -0.131. The highest BCUT2D eigenvalue weighted by molar-refractivity contribution is 5.96. The largest absolute Gasteiger partial charge is 0.485 e. The molecule has 0 spiro atoms.